The van der Waals surface area contributed by atoms with Gasteiger partial charge in [0.25, 0.3) is 0 Å². The predicted molar refractivity (Wildman–Crippen MR) is 77.5 cm³/mol. The van der Waals surface area contributed by atoms with Crippen molar-refractivity contribution in [3.8, 4) is 0 Å². The third-order valence-corrected chi connectivity index (χ3v) is 3.33. The average molecular weight is 257 g/mol. The van der Waals surface area contributed by atoms with E-state index in [1.54, 1.807) is 0 Å². The van der Waals surface area contributed by atoms with Crippen molar-refractivity contribution in [1.82, 2.24) is 0 Å². The van der Waals surface area contributed by atoms with Crippen molar-refractivity contribution in [2.45, 2.75) is 84.0 Å². The largest absolute Gasteiger partial charge is 0.381 e. The molecule has 0 aromatic heterocycles. The zero-order valence-electron chi connectivity index (χ0n) is 12.4. The minimum Gasteiger partial charge on any atom is -0.381 e. The first-order chi connectivity index (χ1) is 8.91. The number of hydrogen-bond donors (Lipinski definition) is 0. The van der Waals surface area contributed by atoms with Crippen molar-refractivity contribution in [3.63, 3.8) is 0 Å². The van der Waals surface area contributed by atoms with Gasteiger partial charge in [0.1, 0.15) is 0 Å². The van der Waals surface area contributed by atoms with E-state index >= 15 is 0 Å². The van der Waals surface area contributed by atoms with E-state index < -0.39 is 0 Å². The van der Waals surface area contributed by atoms with Crippen LogP contribution in [0.1, 0.15) is 84.0 Å². The first-order valence-corrected chi connectivity index (χ1v) is 8.07. The fourth-order valence-electron chi connectivity index (χ4n) is 2.13. The van der Waals surface area contributed by atoms with E-state index in [2.05, 4.69) is 6.92 Å². The zero-order valence-corrected chi connectivity index (χ0v) is 12.4. The molecule has 1 radical (unpaired) electrons. The van der Waals surface area contributed by atoms with Crippen LogP contribution in [0.15, 0.2) is 0 Å². The Morgan fingerprint density at radius 3 is 1.56 bits per heavy atom. The number of unbranched alkanes of at least 4 members (excludes halogenated alkanes) is 10. The first kappa shape index (κ1) is 17.9. The second kappa shape index (κ2) is 16.9. The van der Waals surface area contributed by atoms with E-state index in [0.29, 0.717) is 13.0 Å². The van der Waals surface area contributed by atoms with Gasteiger partial charge in [-0.25, -0.2) is 5.11 Å². The number of rotatable bonds is 15. The summed E-state index contributed by atoms with van der Waals surface area (Å²) in [6.45, 7) is 3.76. The second-order valence-corrected chi connectivity index (χ2v) is 5.21. The van der Waals surface area contributed by atoms with Crippen LogP contribution in [0.3, 0.4) is 0 Å². The highest BCUT2D eigenvalue weighted by Crippen LogP contribution is 2.11. The molecule has 0 rings (SSSR count). The van der Waals surface area contributed by atoms with Crippen molar-refractivity contribution in [3.05, 3.63) is 0 Å². The van der Waals surface area contributed by atoms with Gasteiger partial charge in [0.15, 0.2) is 0 Å². The minimum atomic E-state index is -0.00173. The summed E-state index contributed by atoms with van der Waals surface area (Å²) in [5, 5.41) is 10.2. The summed E-state index contributed by atoms with van der Waals surface area (Å²) >= 11 is 0. The minimum absolute atomic E-state index is 0.00173. The summed E-state index contributed by atoms with van der Waals surface area (Å²) in [4.78, 5) is 0. The summed E-state index contributed by atoms with van der Waals surface area (Å²) in [6.07, 6.45) is 15.7. The van der Waals surface area contributed by atoms with Gasteiger partial charge >= 0.3 is 0 Å². The molecule has 0 fully saturated rings. The van der Waals surface area contributed by atoms with E-state index in [9.17, 15) is 5.11 Å². The summed E-state index contributed by atoms with van der Waals surface area (Å²) in [5.74, 6) is 0. The smallest absolute Gasteiger partial charge is 0.0844 e. The van der Waals surface area contributed by atoms with Gasteiger partial charge in [-0.1, -0.05) is 71.1 Å². The maximum Gasteiger partial charge on any atom is 0.0844 e. The molecule has 0 aromatic carbocycles. The van der Waals surface area contributed by atoms with E-state index in [4.69, 9.17) is 4.74 Å². The highest BCUT2D eigenvalue weighted by atomic mass is 16.5. The van der Waals surface area contributed by atoms with Crippen molar-refractivity contribution >= 4 is 0 Å². The lowest BCUT2D eigenvalue weighted by Gasteiger charge is -2.03. The second-order valence-electron chi connectivity index (χ2n) is 5.21. The lowest BCUT2D eigenvalue weighted by atomic mass is 10.1. The Morgan fingerprint density at radius 2 is 1.06 bits per heavy atom. The molecule has 2 heteroatoms. The highest BCUT2D eigenvalue weighted by Gasteiger charge is 1.93. The molecule has 0 aromatic rings. The van der Waals surface area contributed by atoms with Gasteiger partial charge in [-0.3, -0.25) is 0 Å². The standard InChI is InChI=1S/C16H33O2/c1-2-3-4-5-6-7-8-9-10-11-12-15-18-16-13-14-17/h2-16H2,1H3. The van der Waals surface area contributed by atoms with Crippen LogP contribution < -0.4 is 0 Å². The Kier molecular flexibility index (Phi) is 16.8. The maximum absolute atomic E-state index is 10.2. The lowest BCUT2D eigenvalue weighted by molar-refractivity contribution is 0.0964. The molecular formula is C16H33O2. The van der Waals surface area contributed by atoms with Crippen LogP contribution in [0.25, 0.3) is 0 Å². The Hall–Kier alpha value is -0.0800. The summed E-state index contributed by atoms with van der Waals surface area (Å²) in [5.41, 5.74) is 0. The normalized spacial score (nSPS) is 11.0. The zero-order chi connectivity index (χ0) is 13.3. The average Bonchev–Trinajstić information content (AvgIpc) is 2.39. The van der Waals surface area contributed by atoms with Crippen LogP contribution in [0.2, 0.25) is 0 Å². The van der Waals surface area contributed by atoms with Gasteiger partial charge in [-0.2, -0.15) is 0 Å². The van der Waals surface area contributed by atoms with Crippen molar-refractivity contribution < 1.29 is 9.84 Å². The fraction of sp³-hybridized carbons (Fsp3) is 1.00. The molecule has 0 aliphatic rings. The molecule has 0 saturated heterocycles. The summed E-state index contributed by atoms with van der Waals surface area (Å²) < 4.78 is 5.36. The van der Waals surface area contributed by atoms with Gasteiger partial charge < -0.3 is 4.74 Å². The van der Waals surface area contributed by atoms with Crippen LogP contribution in [-0.4, -0.2) is 19.8 Å². The molecule has 0 aliphatic carbocycles. The van der Waals surface area contributed by atoms with Crippen LogP contribution >= 0.6 is 0 Å². The Morgan fingerprint density at radius 1 is 0.611 bits per heavy atom. The molecule has 2 nitrogen and oxygen atoms in total. The molecule has 0 saturated carbocycles. The number of hydrogen-bond acceptors (Lipinski definition) is 1. The third kappa shape index (κ3) is 15.9. The first-order valence-electron chi connectivity index (χ1n) is 8.07. The van der Waals surface area contributed by atoms with Crippen molar-refractivity contribution in [2.75, 3.05) is 19.8 Å². The summed E-state index contributed by atoms with van der Waals surface area (Å²) in [7, 11) is 0. The Balaban J connectivity index is 2.86. The highest BCUT2D eigenvalue weighted by molar-refractivity contribution is 4.48. The third-order valence-electron chi connectivity index (χ3n) is 3.33. The molecule has 109 valence electrons. The molecule has 0 unspecified atom stereocenters. The topological polar surface area (TPSA) is 29.1 Å². The lowest BCUT2D eigenvalue weighted by Crippen LogP contribution is -1.98. The van der Waals surface area contributed by atoms with Crippen LogP contribution in [0.4, 0.5) is 0 Å². The molecule has 0 bridgehead atoms. The van der Waals surface area contributed by atoms with E-state index in [1.807, 2.05) is 0 Å². The molecule has 0 spiro atoms. The van der Waals surface area contributed by atoms with Gasteiger partial charge in [-0.05, 0) is 12.8 Å². The van der Waals surface area contributed by atoms with Crippen LogP contribution in [0, 0.1) is 0 Å². The van der Waals surface area contributed by atoms with Crippen molar-refractivity contribution in [2.24, 2.45) is 0 Å². The van der Waals surface area contributed by atoms with Crippen molar-refractivity contribution in [1.29, 1.82) is 0 Å². The quantitative estimate of drug-likeness (QED) is 0.374. The monoisotopic (exact) mass is 257 g/mol. The molecule has 0 aliphatic heterocycles. The van der Waals surface area contributed by atoms with Gasteiger partial charge in [0, 0.05) is 13.2 Å². The van der Waals surface area contributed by atoms with E-state index in [0.717, 1.165) is 13.0 Å². The predicted octanol–water partition coefficient (Wildman–Crippen LogP) is 5.13. The van der Waals surface area contributed by atoms with Crippen LogP contribution in [-0.2, 0) is 9.84 Å². The molecule has 0 amide bonds. The van der Waals surface area contributed by atoms with Gasteiger partial charge in [-0.15, -0.1) is 0 Å². The fourth-order valence-corrected chi connectivity index (χ4v) is 2.13. The Labute approximate surface area is 114 Å². The van der Waals surface area contributed by atoms with E-state index in [1.165, 1.54) is 64.2 Å². The van der Waals surface area contributed by atoms with Gasteiger partial charge in [0.05, 0.1) is 6.61 Å². The van der Waals surface area contributed by atoms with Gasteiger partial charge in [0.2, 0.25) is 0 Å². The molecule has 0 heterocycles. The molecular weight excluding hydrogens is 224 g/mol. The van der Waals surface area contributed by atoms with E-state index in [-0.39, 0.29) is 6.61 Å². The summed E-state index contributed by atoms with van der Waals surface area (Å²) in [6, 6.07) is 0. The molecule has 18 heavy (non-hydrogen) atoms. The maximum atomic E-state index is 10.2. The Bertz CT molecular complexity index is 121. The molecule has 0 atom stereocenters. The van der Waals surface area contributed by atoms with Crippen LogP contribution in [0.5, 0.6) is 0 Å². The number of ether oxygens (including phenoxy) is 1. The SMILES string of the molecule is CCCCCCCCCCCCCOCCC[O]. The molecule has 0 N–H and O–H groups in total.